The summed E-state index contributed by atoms with van der Waals surface area (Å²) >= 11 is 1.87. The van der Waals surface area contributed by atoms with E-state index in [2.05, 4.69) is 179 Å². The van der Waals surface area contributed by atoms with Gasteiger partial charge in [-0.1, -0.05) is 140 Å². The van der Waals surface area contributed by atoms with Crippen molar-refractivity contribution in [1.82, 2.24) is 19.1 Å². The Morgan fingerprint density at radius 2 is 0.842 bits per heavy atom. The summed E-state index contributed by atoms with van der Waals surface area (Å²) in [5.41, 5.74) is 11.1. The lowest BCUT2D eigenvalue weighted by molar-refractivity contribution is 1.05. The van der Waals surface area contributed by atoms with Crippen LogP contribution in [0.5, 0.6) is 0 Å². The predicted octanol–water partition coefficient (Wildman–Crippen LogP) is 14.0. The molecule has 0 saturated heterocycles. The number of aromatic nitrogens is 4. The number of benzene rings is 8. The molecule has 0 N–H and O–H groups in total. The van der Waals surface area contributed by atoms with E-state index in [-0.39, 0.29) is 0 Å². The van der Waals surface area contributed by atoms with Crippen LogP contribution in [0.2, 0.25) is 0 Å². The van der Waals surface area contributed by atoms with Crippen molar-refractivity contribution < 1.29 is 0 Å². The molecule has 0 fully saturated rings. The van der Waals surface area contributed by atoms with Crippen LogP contribution >= 0.6 is 11.3 Å². The normalized spacial score (nSPS) is 11.9. The Morgan fingerprint density at radius 3 is 1.46 bits per heavy atom. The molecule has 4 aromatic heterocycles. The van der Waals surface area contributed by atoms with E-state index in [4.69, 9.17) is 9.97 Å². The van der Waals surface area contributed by atoms with E-state index in [0.717, 1.165) is 39.4 Å². The number of fused-ring (bicyclic) bond motifs is 11. The topological polar surface area (TPSA) is 35.6 Å². The average molecular weight is 745 g/mol. The Balaban J connectivity index is 1.16. The van der Waals surface area contributed by atoms with E-state index >= 15 is 0 Å². The molecule has 0 aliphatic carbocycles. The minimum Gasteiger partial charge on any atom is -0.309 e. The SMILES string of the molecule is c1ccc(-c2ccc(-n3c4ccccc4c4c5c(ccc43)sc3ccc4c(c6ccccc6n4-c4cc(-c6ccccc6)nc(-c6ccccc6)n4)c35)cc2)cc1. The molecule has 0 aliphatic heterocycles. The quantitative estimate of drug-likeness (QED) is 0.176. The summed E-state index contributed by atoms with van der Waals surface area (Å²) in [7, 11) is 0. The van der Waals surface area contributed by atoms with Gasteiger partial charge in [-0.2, -0.15) is 0 Å². The molecular formula is C52H32N4S. The minimum absolute atomic E-state index is 0.700. The highest BCUT2D eigenvalue weighted by atomic mass is 32.1. The van der Waals surface area contributed by atoms with Crippen molar-refractivity contribution in [2.24, 2.45) is 0 Å². The lowest BCUT2D eigenvalue weighted by Gasteiger charge is -2.12. The highest BCUT2D eigenvalue weighted by Gasteiger charge is 2.23. The third-order valence-corrected chi connectivity index (χ3v) is 12.5. The van der Waals surface area contributed by atoms with Gasteiger partial charge in [0.15, 0.2) is 5.82 Å². The van der Waals surface area contributed by atoms with Gasteiger partial charge >= 0.3 is 0 Å². The van der Waals surface area contributed by atoms with Crippen molar-refractivity contribution in [3.05, 3.63) is 194 Å². The molecule has 57 heavy (non-hydrogen) atoms. The van der Waals surface area contributed by atoms with E-state index in [1.54, 1.807) is 0 Å². The third kappa shape index (κ3) is 4.93. The maximum atomic E-state index is 5.31. The fourth-order valence-electron chi connectivity index (χ4n) is 8.85. The van der Waals surface area contributed by atoms with Crippen molar-refractivity contribution in [3.63, 3.8) is 0 Å². The summed E-state index contributed by atoms with van der Waals surface area (Å²) in [5.74, 6) is 1.54. The van der Waals surface area contributed by atoms with Crippen LogP contribution in [0.1, 0.15) is 0 Å². The summed E-state index contributed by atoms with van der Waals surface area (Å²) in [6.45, 7) is 0. The van der Waals surface area contributed by atoms with Crippen LogP contribution in [0.15, 0.2) is 194 Å². The summed E-state index contributed by atoms with van der Waals surface area (Å²) < 4.78 is 7.33. The number of hydrogen-bond donors (Lipinski definition) is 0. The minimum atomic E-state index is 0.700. The summed E-state index contributed by atoms with van der Waals surface area (Å²) in [6, 6.07) is 69.3. The van der Waals surface area contributed by atoms with Gasteiger partial charge in [0, 0.05) is 64.6 Å². The molecule has 0 spiro atoms. The first-order valence-electron chi connectivity index (χ1n) is 19.3. The van der Waals surface area contributed by atoms with Gasteiger partial charge < -0.3 is 4.57 Å². The van der Waals surface area contributed by atoms with Crippen LogP contribution in [-0.4, -0.2) is 19.1 Å². The van der Waals surface area contributed by atoms with Gasteiger partial charge in [0.05, 0.1) is 27.8 Å². The molecule has 266 valence electrons. The summed E-state index contributed by atoms with van der Waals surface area (Å²) in [5, 5.41) is 7.57. The number of thiophene rings is 1. The molecule has 0 unspecified atom stereocenters. The van der Waals surface area contributed by atoms with E-state index in [1.165, 1.54) is 63.9 Å². The van der Waals surface area contributed by atoms with E-state index in [0.29, 0.717) is 5.82 Å². The molecular weight excluding hydrogens is 713 g/mol. The van der Waals surface area contributed by atoms with E-state index < -0.39 is 0 Å². The molecule has 0 atom stereocenters. The standard InChI is InChI=1S/C52H32N4S/c1-4-14-33(15-5-1)34-24-26-37(27-25-34)55-41-22-12-10-20-38(41)48-43(55)28-30-45-50(48)51-46(57-45)31-29-44-49(51)39-21-11-13-23-42(39)56(44)47-32-40(35-16-6-2-7-17-35)53-52(54-47)36-18-8-3-9-19-36/h1-32H. The molecule has 0 radical (unpaired) electrons. The fraction of sp³-hybridized carbons (Fsp3) is 0. The van der Waals surface area contributed by atoms with Crippen molar-refractivity contribution >= 4 is 75.1 Å². The first-order chi connectivity index (χ1) is 28.3. The molecule has 8 aromatic carbocycles. The lowest BCUT2D eigenvalue weighted by Crippen LogP contribution is -2.02. The zero-order valence-corrected chi connectivity index (χ0v) is 31.5. The second-order valence-corrected chi connectivity index (χ2v) is 15.6. The van der Waals surface area contributed by atoms with Crippen molar-refractivity contribution in [2.45, 2.75) is 0 Å². The summed E-state index contributed by atoms with van der Waals surface area (Å²) in [6.07, 6.45) is 0. The maximum absolute atomic E-state index is 5.31. The maximum Gasteiger partial charge on any atom is 0.162 e. The highest BCUT2D eigenvalue weighted by Crippen LogP contribution is 2.48. The van der Waals surface area contributed by atoms with Gasteiger partial charge in [-0.25, -0.2) is 9.97 Å². The zero-order valence-electron chi connectivity index (χ0n) is 30.7. The number of hydrogen-bond acceptors (Lipinski definition) is 3. The number of nitrogens with zero attached hydrogens (tertiary/aromatic N) is 4. The molecule has 0 aliphatic rings. The first kappa shape index (κ1) is 32.0. The van der Waals surface area contributed by atoms with Gasteiger partial charge in [-0.3, -0.25) is 4.57 Å². The fourth-order valence-corrected chi connectivity index (χ4v) is 9.97. The van der Waals surface area contributed by atoms with Gasteiger partial charge in [0.2, 0.25) is 0 Å². The van der Waals surface area contributed by atoms with Crippen molar-refractivity contribution in [3.8, 4) is 45.3 Å². The second-order valence-electron chi connectivity index (χ2n) is 14.6. The Bertz CT molecular complexity index is 3430. The predicted molar refractivity (Wildman–Crippen MR) is 240 cm³/mol. The van der Waals surface area contributed by atoms with Gasteiger partial charge in [-0.15, -0.1) is 11.3 Å². The third-order valence-electron chi connectivity index (χ3n) is 11.3. The molecule has 0 saturated carbocycles. The molecule has 0 bridgehead atoms. The Morgan fingerprint density at radius 1 is 0.351 bits per heavy atom. The summed E-state index contributed by atoms with van der Waals surface area (Å²) in [4.78, 5) is 10.4. The van der Waals surface area contributed by atoms with Crippen LogP contribution < -0.4 is 0 Å². The van der Waals surface area contributed by atoms with E-state index in [1.807, 2.05) is 35.6 Å². The second kappa shape index (κ2) is 12.6. The highest BCUT2D eigenvalue weighted by molar-refractivity contribution is 7.26. The molecule has 4 nitrogen and oxygen atoms in total. The number of para-hydroxylation sites is 2. The molecule has 4 heterocycles. The van der Waals surface area contributed by atoms with Crippen molar-refractivity contribution in [1.29, 1.82) is 0 Å². The largest absolute Gasteiger partial charge is 0.309 e. The van der Waals surface area contributed by atoms with Crippen molar-refractivity contribution in [2.75, 3.05) is 0 Å². The zero-order chi connectivity index (χ0) is 37.5. The Labute approximate surface area is 332 Å². The Kier molecular flexibility index (Phi) is 7.06. The van der Waals surface area contributed by atoms with Gasteiger partial charge in [0.25, 0.3) is 0 Å². The monoisotopic (exact) mass is 744 g/mol. The average Bonchev–Trinajstić information content (AvgIpc) is 3.95. The molecule has 12 aromatic rings. The Hall–Kier alpha value is -7.34. The lowest BCUT2D eigenvalue weighted by atomic mass is 10.0. The molecule has 0 amide bonds. The number of rotatable bonds is 5. The first-order valence-corrected chi connectivity index (χ1v) is 20.1. The van der Waals surface area contributed by atoms with Crippen LogP contribution in [0.4, 0.5) is 0 Å². The molecule has 12 rings (SSSR count). The molecule has 5 heteroatoms. The van der Waals surface area contributed by atoms with Gasteiger partial charge in [-0.05, 0) is 59.7 Å². The van der Waals surface area contributed by atoms with Crippen LogP contribution in [0, 0.1) is 0 Å². The van der Waals surface area contributed by atoms with Crippen LogP contribution in [-0.2, 0) is 0 Å². The smallest absolute Gasteiger partial charge is 0.162 e. The van der Waals surface area contributed by atoms with Gasteiger partial charge in [0.1, 0.15) is 5.82 Å². The van der Waals surface area contributed by atoms with Crippen LogP contribution in [0.3, 0.4) is 0 Å². The van der Waals surface area contributed by atoms with Crippen LogP contribution in [0.25, 0.3) is 109 Å². The van der Waals surface area contributed by atoms with E-state index in [9.17, 15) is 0 Å².